The Kier molecular flexibility index (Phi) is 5.80. The fourth-order valence-corrected chi connectivity index (χ4v) is 3.32. The van der Waals surface area contributed by atoms with Crippen LogP contribution in [0.4, 0.5) is 0 Å². The van der Waals surface area contributed by atoms with Crippen LogP contribution in [0.25, 0.3) is 10.1 Å². The van der Waals surface area contributed by atoms with Gasteiger partial charge < -0.3 is 10.1 Å². The molecule has 0 fully saturated rings. The SMILES string of the molecule is CC(C)NCc1sc2ccccc2c1COC(C)C(C)C. The highest BCUT2D eigenvalue weighted by molar-refractivity contribution is 7.19. The number of nitrogens with one attached hydrogen (secondary N) is 1. The molecule has 0 amide bonds. The molecule has 1 atom stereocenters. The topological polar surface area (TPSA) is 21.3 Å². The van der Waals surface area contributed by atoms with Gasteiger partial charge in [-0.1, -0.05) is 45.9 Å². The molecule has 116 valence electrons. The molecule has 21 heavy (non-hydrogen) atoms. The first-order valence-electron chi connectivity index (χ1n) is 7.83. The summed E-state index contributed by atoms with van der Waals surface area (Å²) in [6, 6.07) is 9.14. The highest BCUT2D eigenvalue weighted by Crippen LogP contribution is 2.32. The lowest BCUT2D eigenvalue weighted by Crippen LogP contribution is -2.22. The first kappa shape index (κ1) is 16.5. The van der Waals surface area contributed by atoms with E-state index in [1.807, 2.05) is 11.3 Å². The minimum absolute atomic E-state index is 0.287. The Hall–Kier alpha value is -0.900. The van der Waals surface area contributed by atoms with Crippen LogP contribution in [0.15, 0.2) is 24.3 Å². The quantitative estimate of drug-likeness (QED) is 0.780. The minimum atomic E-state index is 0.287. The molecule has 2 aromatic rings. The summed E-state index contributed by atoms with van der Waals surface area (Å²) in [6.07, 6.45) is 0.287. The summed E-state index contributed by atoms with van der Waals surface area (Å²) < 4.78 is 7.44. The summed E-state index contributed by atoms with van der Waals surface area (Å²) in [6.45, 7) is 12.6. The molecular formula is C18H27NOS. The van der Waals surface area contributed by atoms with Crippen LogP contribution in [0.1, 0.15) is 45.1 Å². The molecule has 2 rings (SSSR count). The highest BCUT2D eigenvalue weighted by atomic mass is 32.1. The number of benzene rings is 1. The van der Waals surface area contributed by atoms with E-state index >= 15 is 0 Å². The van der Waals surface area contributed by atoms with E-state index in [2.05, 4.69) is 64.2 Å². The Morgan fingerprint density at radius 3 is 2.48 bits per heavy atom. The molecule has 0 aliphatic heterocycles. The van der Waals surface area contributed by atoms with Gasteiger partial charge in [0.1, 0.15) is 0 Å². The summed E-state index contributed by atoms with van der Waals surface area (Å²) in [4.78, 5) is 1.40. The summed E-state index contributed by atoms with van der Waals surface area (Å²) in [5, 5.41) is 4.87. The van der Waals surface area contributed by atoms with Gasteiger partial charge in [-0.2, -0.15) is 0 Å². The van der Waals surface area contributed by atoms with Crippen LogP contribution in [0.2, 0.25) is 0 Å². The zero-order chi connectivity index (χ0) is 15.4. The Balaban J connectivity index is 2.23. The van der Waals surface area contributed by atoms with Crippen molar-refractivity contribution in [3.63, 3.8) is 0 Å². The summed E-state index contributed by atoms with van der Waals surface area (Å²) >= 11 is 1.88. The predicted octanol–water partition coefficient (Wildman–Crippen LogP) is 4.96. The maximum absolute atomic E-state index is 6.08. The Labute approximate surface area is 132 Å². The summed E-state index contributed by atoms with van der Waals surface area (Å²) in [5.74, 6) is 0.548. The molecule has 2 nitrogen and oxygen atoms in total. The number of hydrogen-bond acceptors (Lipinski definition) is 3. The molecular weight excluding hydrogens is 278 g/mol. The fourth-order valence-electron chi connectivity index (χ4n) is 2.15. The molecule has 0 bridgehead atoms. The largest absolute Gasteiger partial charge is 0.374 e. The van der Waals surface area contributed by atoms with Gasteiger partial charge in [-0.3, -0.25) is 0 Å². The van der Waals surface area contributed by atoms with Gasteiger partial charge in [0.15, 0.2) is 0 Å². The van der Waals surface area contributed by atoms with Crippen molar-refractivity contribution in [2.45, 2.75) is 59.9 Å². The zero-order valence-electron chi connectivity index (χ0n) is 13.8. The van der Waals surface area contributed by atoms with Crippen molar-refractivity contribution < 1.29 is 4.74 Å². The average Bonchev–Trinajstić information content (AvgIpc) is 2.80. The Bertz CT molecular complexity index is 574. The molecule has 1 aromatic heterocycles. The van der Waals surface area contributed by atoms with Crippen molar-refractivity contribution in [2.24, 2.45) is 5.92 Å². The summed E-state index contributed by atoms with van der Waals surface area (Å²) in [7, 11) is 0. The van der Waals surface area contributed by atoms with E-state index in [0.29, 0.717) is 18.6 Å². The van der Waals surface area contributed by atoms with Crippen molar-refractivity contribution >= 4 is 21.4 Å². The molecule has 1 N–H and O–H groups in total. The van der Waals surface area contributed by atoms with E-state index in [0.717, 1.165) is 6.54 Å². The zero-order valence-corrected chi connectivity index (χ0v) is 14.6. The van der Waals surface area contributed by atoms with Gasteiger partial charge in [-0.05, 0) is 24.3 Å². The minimum Gasteiger partial charge on any atom is -0.374 e. The van der Waals surface area contributed by atoms with E-state index in [1.165, 1.54) is 20.5 Å². The number of rotatable bonds is 7. The molecule has 0 radical (unpaired) electrons. The molecule has 0 aliphatic rings. The van der Waals surface area contributed by atoms with Crippen LogP contribution in [0.5, 0.6) is 0 Å². The maximum Gasteiger partial charge on any atom is 0.0738 e. The lowest BCUT2D eigenvalue weighted by Gasteiger charge is -2.17. The normalized spacial score (nSPS) is 13.5. The van der Waals surface area contributed by atoms with Crippen molar-refractivity contribution in [3.05, 3.63) is 34.7 Å². The lowest BCUT2D eigenvalue weighted by molar-refractivity contribution is 0.0239. The highest BCUT2D eigenvalue weighted by Gasteiger charge is 2.14. The average molecular weight is 305 g/mol. The number of thiophene rings is 1. The predicted molar refractivity (Wildman–Crippen MR) is 92.9 cm³/mol. The molecule has 0 aliphatic carbocycles. The van der Waals surface area contributed by atoms with Crippen molar-refractivity contribution in [1.29, 1.82) is 0 Å². The van der Waals surface area contributed by atoms with E-state index in [-0.39, 0.29) is 6.10 Å². The van der Waals surface area contributed by atoms with Gasteiger partial charge in [0.25, 0.3) is 0 Å². The fraction of sp³-hybridized carbons (Fsp3) is 0.556. The Morgan fingerprint density at radius 1 is 1.10 bits per heavy atom. The third-order valence-electron chi connectivity index (χ3n) is 3.88. The van der Waals surface area contributed by atoms with Gasteiger partial charge in [0.2, 0.25) is 0 Å². The van der Waals surface area contributed by atoms with Crippen molar-refractivity contribution in [2.75, 3.05) is 0 Å². The monoisotopic (exact) mass is 305 g/mol. The third-order valence-corrected chi connectivity index (χ3v) is 5.10. The Morgan fingerprint density at radius 2 is 1.81 bits per heavy atom. The van der Waals surface area contributed by atoms with Crippen LogP contribution in [0.3, 0.4) is 0 Å². The van der Waals surface area contributed by atoms with Crippen LogP contribution in [-0.2, 0) is 17.9 Å². The number of fused-ring (bicyclic) bond motifs is 1. The first-order chi connectivity index (χ1) is 9.99. The molecule has 0 spiro atoms. The smallest absolute Gasteiger partial charge is 0.0738 e. The molecule has 3 heteroatoms. The van der Waals surface area contributed by atoms with Crippen molar-refractivity contribution in [1.82, 2.24) is 5.32 Å². The molecule has 0 saturated heterocycles. The molecule has 1 heterocycles. The van der Waals surface area contributed by atoms with Gasteiger partial charge in [-0.15, -0.1) is 11.3 Å². The number of ether oxygens (including phenoxy) is 1. The second kappa shape index (κ2) is 7.39. The van der Waals surface area contributed by atoms with Crippen LogP contribution in [0, 0.1) is 5.92 Å². The van der Waals surface area contributed by atoms with Crippen molar-refractivity contribution in [3.8, 4) is 0 Å². The van der Waals surface area contributed by atoms with Crippen LogP contribution < -0.4 is 5.32 Å². The summed E-state index contributed by atoms with van der Waals surface area (Å²) in [5.41, 5.74) is 1.36. The standard InChI is InChI=1S/C18H27NOS/c1-12(2)14(5)20-11-16-15-8-6-7-9-17(15)21-18(16)10-19-13(3)4/h6-9,12-14,19H,10-11H2,1-5H3. The van der Waals surface area contributed by atoms with E-state index < -0.39 is 0 Å². The maximum atomic E-state index is 6.08. The van der Waals surface area contributed by atoms with Crippen LogP contribution >= 0.6 is 11.3 Å². The van der Waals surface area contributed by atoms with Gasteiger partial charge in [0.05, 0.1) is 12.7 Å². The van der Waals surface area contributed by atoms with E-state index in [4.69, 9.17) is 4.74 Å². The second-order valence-corrected chi connectivity index (χ2v) is 7.43. The second-order valence-electron chi connectivity index (χ2n) is 6.30. The van der Waals surface area contributed by atoms with Gasteiger partial charge >= 0.3 is 0 Å². The molecule has 0 saturated carbocycles. The van der Waals surface area contributed by atoms with E-state index in [1.54, 1.807) is 0 Å². The first-order valence-corrected chi connectivity index (χ1v) is 8.65. The lowest BCUT2D eigenvalue weighted by atomic mass is 10.1. The van der Waals surface area contributed by atoms with E-state index in [9.17, 15) is 0 Å². The number of hydrogen-bond donors (Lipinski definition) is 1. The van der Waals surface area contributed by atoms with Gasteiger partial charge in [0, 0.05) is 27.7 Å². The molecule has 1 unspecified atom stereocenters. The third kappa shape index (κ3) is 4.29. The molecule has 1 aromatic carbocycles. The van der Waals surface area contributed by atoms with Crippen LogP contribution in [-0.4, -0.2) is 12.1 Å². The van der Waals surface area contributed by atoms with Gasteiger partial charge in [-0.25, -0.2) is 0 Å².